The van der Waals surface area contributed by atoms with Crippen molar-refractivity contribution in [2.24, 2.45) is 0 Å². The van der Waals surface area contributed by atoms with Gasteiger partial charge in [0.15, 0.2) is 0 Å². The molecule has 0 atom stereocenters. The van der Waals surface area contributed by atoms with E-state index < -0.39 is 0 Å². The van der Waals surface area contributed by atoms with Crippen LogP contribution in [0.4, 0.5) is 0 Å². The van der Waals surface area contributed by atoms with E-state index in [4.69, 9.17) is 0 Å². The van der Waals surface area contributed by atoms with Crippen LogP contribution in [0, 0.1) is 34.0 Å². The summed E-state index contributed by atoms with van der Waals surface area (Å²) in [6.45, 7) is 0. The molecule has 4 aromatic rings. The van der Waals surface area contributed by atoms with E-state index in [-0.39, 0.29) is 0 Å². The lowest BCUT2D eigenvalue weighted by atomic mass is 9.92. The van der Waals surface area contributed by atoms with Crippen molar-refractivity contribution in [1.29, 1.82) is 15.8 Å². The fourth-order valence-corrected chi connectivity index (χ4v) is 41.1. The summed E-state index contributed by atoms with van der Waals surface area (Å²) in [5.74, 6) is 4.89. The van der Waals surface area contributed by atoms with Crippen LogP contribution >= 0.6 is 282 Å². The summed E-state index contributed by atoms with van der Waals surface area (Å²) in [6, 6.07) is 41.7. The van der Waals surface area contributed by atoms with E-state index in [0.29, 0.717) is 19.3 Å². The molecule has 0 unspecified atom stereocenters. The predicted molar refractivity (Wildman–Crippen MR) is 440 cm³/mol. The third kappa shape index (κ3) is 19.4. The number of nitriles is 3. The van der Waals surface area contributed by atoms with Gasteiger partial charge in [0.05, 0.1) is 94.5 Å². The summed E-state index contributed by atoms with van der Waals surface area (Å²) in [7, 11) is 0. The lowest BCUT2D eigenvalue weighted by Crippen LogP contribution is -1.90. The molecule has 0 saturated carbocycles. The molecule has 87 heavy (non-hydrogen) atoms. The van der Waals surface area contributed by atoms with Gasteiger partial charge < -0.3 is 0 Å². The van der Waals surface area contributed by atoms with Crippen molar-refractivity contribution in [2.75, 3.05) is 54.8 Å². The maximum atomic E-state index is 9.46. The van der Waals surface area contributed by atoms with E-state index in [0.717, 1.165) is 34.5 Å². The molecule has 0 amide bonds. The molecular weight excluding hydrogens is 1530 g/mol. The number of hydrogen-bond donors (Lipinski definition) is 0. The zero-order chi connectivity index (χ0) is 60.7. The maximum Gasteiger partial charge on any atom is 0.0717 e. The summed E-state index contributed by atoms with van der Waals surface area (Å²) in [4.78, 5) is 0. The van der Waals surface area contributed by atoms with Crippen LogP contribution in [-0.4, -0.2) is 54.8 Å². The third-order valence-corrected chi connectivity index (χ3v) is 46.0. The second-order valence-corrected chi connectivity index (χ2v) is 45.7. The molecule has 0 spiro atoms. The predicted octanol–water partition coefficient (Wildman–Crippen LogP) is 27.5. The van der Waals surface area contributed by atoms with Gasteiger partial charge in [0, 0.05) is 53.8 Å². The van der Waals surface area contributed by atoms with Gasteiger partial charge in [0.25, 0.3) is 0 Å². The van der Waals surface area contributed by atoms with Crippen molar-refractivity contribution >= 4 is 282 Å². The highest BCUT2D eigenvalue weighted by molar-refractivity contribution is 8.47. The molecule has 27 heteroatoms. The summed E-state index contributed by atoms with van der Waals surface area (Å²) >= 11 is 45.1. The number of benzene rings is 4. The molecule has 3 nitrogen and oxygen atoms in total. The van der Waals surface area contributed by atoms with Gasteiger partial charge in [-0.2, -0.15) is 15.8 Å². The summed E-state index contributed by atoms with van der Waals surface area (Å²) in [5, 5.41) is 28.4. The Labute approximate surface area is 616 Å². The van der Waals surface area contributed by atoms with E-state index in [1.54, 1.807) is 0 Å². The average Bonchev–Trinajstić information content (AvgIpc) is 3.63. The van der Waals surface area contributed by atoms with Crippen LogP contribution < -0.4 is 0 Å². The Morgan fingerprint density at radius 1 is 0.276 bits per heavy atom. The lowest BCUT2D eigenvalue weighted by molar-refractivity contribution is 1.24. The molecule has 0 aromatic heterocycles. The number of nitrogens with zero attached hydrogens (tertiary/aromatic N) is 3. The van der Waals surface area contributed by atoms with Gasteiger partial charge in [-0.3, -0.25) is 0 Å². The Morgan fingerprint density at radius 2 is 0.494 bits per heavy atom. The van der Waals surface area contributed by atoms with E-state index in [1.807, 2.05) is 282 Å². The normalized spacial score (nSPS) is 17.3. The minimum Gasteiger partial charge on any atom is -0.198 e. The standard InChI is InChI=1S/C60H51N3S24/c1-64-43-44(65-2)77-55(76-43)58-82-49(70-22-10-19-61)52(85-58)73-31-34-13-7-16-37(25-34)40-28-41(38-17-8-14-35(26-38)32-74-53-50(71-23-11-20-62)83-59(86-53)56-78-45(66-3)46(67-4)79-56)30-42(29-40)39-18-9-15-36(27-39)33-75-54-51(72-24-12-21-63)84-60(87-54)57-80-47(68-5)48(69-6)81-57/h7-9,13-18,25-30H,10-12,22-24,31-33H2,1-6H3. The van der Waals surface area contributed by atoms with E-state index in [9.17, 15) is 15.8 Å². The number of thioether (sulfide) groups is 24. The SMILES string of the molecule is CSC1=C(SC)SC(=C2SC(SCCC#N)=C(SCc3cccc(-c4cc(-c5cccc(CSC6=C(SCCC#N)SC(=C7SC(SC)=C(SC)S7)S6)c5)cc(-c5cccc(CSC6=C(SCCC#N)SC(=C7SC(SC)=C(SC)S7)S6)c5)c4)c3)S2)S1. The van der Waals surface area contributed by atoms with Crippen LogP contribution in [0.5, 0.6) is 0 Å². The topological polar surface area (TPSA) is 71.4 Å². The van der Waals surface area contributed by atoms with Crippen molar-refractivity contribution < 1.29 is 0 Å². The molecule has 6 heterocycles. The zero-order valence-corrected chi connectivity index (χ0v) is 66.8. The van der Waals surface area contributed by atoms with Gasteiger partial charge >= 0.3 is 0 Å². The number of hydrogen-bond acceptors (Lipinski definition) is 27. The Balaban J connectivity index is 0.932. The highest BCUT2D eigenvalue weighted by atomic mass is 32.3. The average molecular weight is 1580 g/mol. The van der Waals surface area contributed by atoms with Crippen LogP contribution in [0.25, 0.3) is 33.4 Å². The molecule has 0 radical (unpaired) electrons. The minimum absolute atomic E-state index is 0.532. The molecule has 6 aliphatic rings. The van der Waals surface area contributed by atoms with Crippen LogP contribution in [0.15, 0.2) is 167 Å². The minimum atomic E-state index is 0.532. The van der Waals surface area contributed by atoms with Crippen LogP contribution in [0.2, 0.25) is 0 Å². The molecule has 0 aliphatic carbocycles. The van der Waals surface area contributed by atoms with Gasteiger partial charge in [-0.05, 0) is 106 Å². The largest absolute Gasteiger partial charge is 0.198 e. The molecule has 0 saturated heterocycles. The molecule has 0 N–H and O–H groups in total. The summed E-state index contributed by atoms with van der Waals surface area (Å²) in [6.07, 6.45) is 14.6. The fraction of sp³-hybridized carbons (Fsp3) is 0.250. The van der Waals surface area contributed by atoms with Gasteiger partial charge in [-0.25, -0.2) is 0 Å². The summed E-state index contributed by atoms with van der Waals surface area (Å²) < 4.78 is 24.4. The second-order valence-electron chi connectivity index (χ2n) is 17.7. The Bertz CT molecular complexity index is 3270. The molecule has 0 fully saturated rings. The van der Waals surface area contributed by atoms with E-state index in [1.165, 1.54) is 126 Å². The van der Waals surface area contributed by atoms with Crippen molar-refractivity contribution in [3.63, 3.8) is 0 Å². The van der Waals surface area contributed by atoms with E-state index in [2.05, 4.69) is 147 Å². The van der Waals surface area contributed by atoms with Gasteiger partial charge in [0.1, 0.15) is 0 Å². The Kier molecular flexibility index (Phi) is 30.0. The first-order valence-electron chi connectivity index (χ1n) is 26.0. The van der Waals surface area contributed by atoms with Crippen molar-refractivity contribution in [1.82, 2.24) is 0 Å². The van der Waals surface area contributed by atoms with Crippen molar-refractivity contribution in [2.45, 2.75) is 36.5 Å². The molecule has 4 aromatic carbocycles. The van der Waals surface area contributed by atoms with Gasteiger partial charge in [-0.1, -0.05) is 214 Å². The van der Waals surface area contributed by atoms with Gasteiger partial charge in [0.2, 0.25) is 0 Å². The highest BCUT2D eigenvalue weighted by Crippen LogP contribution is 2.69. The first kappa shape index (κ1) is 71.2. The first-order valence-corrected chi connectivity index (χ1v) is 49.1. The fourth-order valence-electron chi connectivity index (χ4n) is 8.08. The maximum absolute atomic E-state index is 9.46. The first-order chi connectivity index (χ1) is 42.6. The molecule has 6 aliphatic heterocycles. The smallest absolute Gasteiger partial charge is 0.0717 e. The highest BCUT2D eigenvalue weighted by Gasteiger charge is 2.34. The van der Waals surface area contributed by atoms with Crippen molar-refractivity contribution in [3.8, 4) is 51.6 Å². The quantitative estimate of drug-likeness (QED) is 0.0532. The molecule has 0 bridgehead atoms. The van der Waals surface area contributed by atoms with Crippen LogP contribution in [0.3, 0.4) is 0 Å². The third-order valence-electron chi connectivity index (χ3n) is 12.0. The van der Waals surface area contributed by atoms with Crippen molar-refractivity contribution in [3.05, 3.63) is 184 Å². The van der Waals surface area contributed by atoms with Crippen LogP contribution in [-0.2, 0) is 17.3 Å². The zero-order valence-electron chi connectivity index (χ0n) is 47.2. The molecule has 450 valence electrons. The second kappa shape index (κ2) is 36.7. The lowest BCUT2D eigenvalue weighted by Gasteiger charge is -2.14. The Morgan fingerprint density at radius 3 is 0.713 bits per heavy atom. The summed E-state index contributed by atoms with van der Waals surface area (Å²) in [5.41, 5.74) is 10.9. The molecular formula is C60H51N3S24. The molecule has 10 rings (SSSR count). The van der Waals surface area contributed by atoms with Gasteiger partial charge in [-0.15, -0.1) is 141 Å². The monoisotopic (exact) mass is 1580 g/mol. The Hall–Kier alpha value is 1.41. The van der Waals surface area contributed by atoms with E-state index >= 15 is 0 Å². The number of rotatable bonds is 27. The van der Waals surface area contributed by atoms with Crippen LogP contribution in [0.1, 0.15) is 36.0 Å².